The second-order valence-corrected chi connectivity index (χ2v) is 6.15. The Hall–Kier alpha value is -0.810. The van der Waals surface area contributed by atoms with Gasteiger partial charge >= 0.3 is 6.09 Å². The maximum atomic E-state index is 11.9. The summed E-state index contributed by atoms with van der Waals surface area (Å²) in [7, 11) is 0. The van der Waals surface area contributed by atoms with Crippen molar-refractivity contribution < 1.29 is 19.0 Å². The zero-order valence-electron chi connectivity index (χ0n) is 12.8. The highest BCUT2D eigenvalue weighted by Gasteiger charge is 2.38. The molecule has 0 aromatic heterocycles. The maximum absolute atomic E-state index is 11.9. The summed E-state index contributed by atoms with van der Waals surface area (Å²) in [5, 5.41) is 0. The number of rotatable bonds is 5. The van der Waals surface area contributed by atoms with Crippen molar-refractivity contribution in [2.45, 2.75) is 52.2 Å². The molecular formula is C14H27NO4. The molecule has 1 atom stereocenters. The van der Waals surface area contributed by atoms with Crippen molar-refractivity contribution in [3.8, 4) is 0 Å². The Morgan fingerprint density at radius 1 is 1.32 bits per heavy atom. The molecule has 0 aromatic rings. The van der Waals surface area contributed by atoms with E-state index in [4.69, 9.17) is 14.2 Å². The molecule has 5 nitrogen and oxygen atoms in total. The van der Waals surface area contributed by atoms with E-state index in [1.54, 1.807) is 4.90 Å². The summed E-state index contributed by atoms with van der Waals surface area (Å²) in [5.41, 5.74) is -0.736. The Morgan fingerprint density at radius 2 is 2.00 bits per heavy atom. The van der Waals surface area contributed by atoms with Crippen molar-refractivity contribution in [3.05, 3.63) is 0 Å². The fourth-order valence-corrected chi connectivity index (χ4v) is 2.02. The monoisotopic (exact) mass is 273 g/mol. The van der Waals surface area contributed by atoms with Gasteiger partial charge in [-0.25, -0.2) is 4.79 Å². The molecule has 0 N–H and O–H groups in total. The minimum absolute atomic E-state index is 0.260. The van der Waals surface area contributed by atoms with Crippen LogP contribution in [0.25, 0.3) is 0 Å². The van der Waals surface area contributed by atoms with Gasteiger partial charge in [-0.3, -0.25) is 0 Å². The standard InChI is InChI=1S/C14H27NO4/c1-6-17-9-10-18-14(5)7-8-15(11-14)12(16)19-13(2,3)4/h6-11H2,1-5H3. The molecule has 1 rings (SSSR count). The number of carbonyl (C=O) groups excluding carboxylic acids is 1. The molecule has 1 aliphatic heterocycles. The van der Waals surface area contributed by atoms with Gasteiger partial charge in [0.1, 0.15) is 5.60 Å². The predicted octanol–water partition coefficient (Wildman–Crippen LogP) is 2.44. The van der Waals surface area contributed by atoms with Crippen molar-refractivity contribution in [2.24, 2.45) is 0 Å². The lowest BCUT2D eigenvalue weighted by atomic mass is 10.1. The van der Waals surface area contributed by atoms with Crippen LogP contribution < -0.4 is 0 Å². The fourth-order valence-electron chi connectivity index (χ4n) is 2.02. The zero-order valence-corrected chi connectivity index (χ0v) is 12.8. The Labute approximate surface area is 116 Å². The Kier molecular flexibility index (Phi) is 5.62. The van der Waals surface area contributed by atoms with Crippen LogP contribution >= 0.6 is 0 Å². The molecule has 1 unspecified atom stereocenters. The highest BCUT2D eigenvalue weighted by molar-refractivity contribution is 5.68. The highest BCUT2D eigenvalue weighted by atomic mass is 16.6. The molecule has 0 radical (unpaired) electrons. The van der Waals surface area contributed by atoms with Crippen LogP contribution in [0.4, 0.5) is 4.79 Å². The molecule has 0 spiro atoms. The van der Waals surface area contributed by atoms with Crippen LogP contribution in [0.15, 0.2) is 0 Å². The average Bonchev–Trinajstić information content (AvgIpc) is 2.66. The van der Waals surface area contributed by atoms with Gasteiger partial charge in [-0.15, -0.1) is 0 Å². The molecule has 112 valence electrons. The van der Waals surface area contributed by atoms with E-state index in [-0.39, 0.29) is 11.7 Å². The van der Waals surface area contributed by atoms with E-state index in [2.05, 4.69) is 0 Å². The van der Waals surface area contributed by atoms with Gasteiger partial charge in [-0.1, -0.05) is 0 Å². The van der Waals surface area contributed by atoms with Crippen LogP contribution in [0.3, 0.4) is 0 Å². The van der Waals surface area contributed by atoms with E-state index in [1.807, 2.05) is 34.6 Å². The van der Waals surface area contributed by atoms with Crippen LogP contribution in [0.2, 0.25) is 0 Å². The lowest BCUT2D eigenvalue weighted by Gasteiger charge is -2.27. The first-order chi connectivity index (χ1) is 8.76. The third-order valence-corrected chi connectivity index (χ3v) is 2.97. The number of hydrogen-bond donors (Lipinski definition) is 0. The SMILES string of the molecule is CCOCCOC1(C)CCN(C(=O)OC(C)(C)C)C1. The third-order valence-electron chi connectivity index (χ3n) is 2.97. The van der Waals surface area contributed by atoms with Gasteiger partial charge in [0.15, 0.2) is 0 Å². The number of amides is 1. The minimum Gasteiger partial charge on any atom is -0.444 e. The molecule has 1 amide bonds. The van der Waals surface area contributed by atoms with Crippen molar-refractivity contribution in [3.63, 3.8) is 0 Å². The number of ether oxygens (including phenoxy) is 3. The van der Waals surface area contributed by atoms with Crippen LogP contribution in [0, 0.1) is 0 Å². The molecule has 1 heterocycles. The van der Waals surface area contributed by atoms with Crippen LogP contribution in [0.5, 0.6) is 0 Å². The average molecular weight is 273 g/mol. The molecule has 19 heavy (non-hydrogen) atoms. The normalized spacial score (nSPS) is 23.7. The second kappa shape index (κ2) is 6.57. The molecule has 0 aliphatic carbocycles. The zero-order chi connectivity index (χ0) is 14.5. The Bertz CT molecular complexity index is 300. The smallest absolute Gasteiger partial charge is 0.410 e. The van der Waals surface area contributed by atoms with Crippen molar-refractivity contribution in [2.75, 3.05) is 32.9 Å². The second-order valence-electron chi connectivity index (χ2n) is 6.15. The van der Waals surface area contributed by atoms with Gasteiger partial charge in [0.05, 0.1) is 25.4 Å². The van der Waals surface area contributed by atoms with Crippen molar-refractivity contribution in [1.82, 2.24) is 4.90 Å². The van der Waals surface area contributed by atoms with Gasteiger partial charge in [-0.2, -0.15) is 0 Å². The fraction of sp³-hybridized carbons (Fsp3) is 0.929. The maximum Gasteiger partial charge on any atom is 0.410 e. The molecular weight excluding hydrogens is 246 g/mol. The molecule has 1 saturated heterocycles. The number of likely N-dealkylation sites (tertiary alicyclic amines) is 1. The minimum atomic E-state index is -0.452. The van der Waals surface area contributed by atoms with E-state index in [0.717, 1.165) is 6.42 Å². The number of carbonyl (C=O) groups is 1. The van der Waals surface area contributed by atoms with Crippen LogP contribution in [-0.2, 0) is 14.2 Å². The van der Waals surface area contributed by atoms with Gasteiger partial charge in [0.2, 0.25) is 0 Å². The molecule has 0 bridgehead atoms. The van der Waals surface area contributed by atoms with Crippen molar-refractivity contribution >= 4 is 6.09 Å². The van der Waals surface area contributed by atoms with Gasteiger partial charge in [0, 0.05) is 13.2 Å². The van der Waals surface area contributed by atoms with Crippen LogP contribution in [0.1, 0.15) is 41.0 Å². The highest BCUT2D eigenvalue weighted by Crippen LogP contribution is 2.26. The number of hydrogen-bond acceptors (Lipinski definition) is 4. The molecule has 1 aliphatic rings. The summed E-state index contributed by atoms with van der Waals surface area (Å²) < 4.78 is 16.4. The Balaban J connectivity index is 2.37. The summed E-state index contributed by atoms with van der Waals surface area (Å²) in [6, 6.07) is 0. The van der Waals surface area contributed by atoms with Gasteiger partial charge < -0.3 is 19.1 Å². The van der Waals surface area contributed by atoms with E-state index >= 15 is 0 Å². The first-order valence-corrected chi connectivity index (χ1v) is 6.95. The molecule has 5 heteroatoms. The molecule has 1 fully saturated rings. The predicted molar refractivity (Wildman–Crippen MR) is 73.3 cm³/mol. The van der Waals surface area contributed by atoms with Crippen LogP contribution in [-0.4, -0.2) is 55.1 Å². The molecule has 0 saturated carbocycles. The number of nitrogens with zero attached hydrogens (tertiary/aromatic N) is 1. The summed E-state index contributed by atoms with van der Waals surface area (Å²) in [4.78, 5) is 13.7. The van der Waals surface area contributed by atoms with E-state index in [0.29, 0.717) is 32.9 Å². The van der Waals surface area contributed by atoms with Gasteiger partial charge in [0.25, 0.3) is 0 Å². The lowest BCUT2D eigenvalue weighted by molar-refractivity contribution is -0.0499. The van der Waals surface area contributed by atoms with E-state index in [9.17, 15) is 4.79 Å². The summed E-state index contributed by atoms with van der Waals surface area (Å²) >= 11 is 0. The topological polar surface area (TPSA) is 48.0 Å². The first kappa shape index (κ1) is 16.2. The van der Waals surface area contributed by atoms with Crippen molar-refractivity contribution in [1.29, 1.82) is 0 Å². The van der Waals surface area contributed by atoms with E-state index < -0.39 is 5.60 Å². The lowest BCUT2D eigenvalue weighted by Crippen LogP contribution is -2.39. The van der Waals surface area contributed by atoms with Gasteiger partial charge in [-0.05, 0) is 41.0 Å². The summed E-state index contributed by atoms with van der Waals surface area (Å²) in [6.45, 7) is 12.7. The molecule has 0 aromatic carbocycles. The third kappa shape index (κ3) is 5.78. The van der Waals surface area contributed by atoms with E-state index in [1.165, 1.54) is 0 Å². The summed E-state index contributed by atoms with van der Waals surface area (Å²) in [6.07, 6.45) is 0.572. The quantitative estimate of drug-likeness (QED) is 0.722. The first-order valence-electron chi connectivity index (χ1n) is 6.95. The largest absolute Gasteiger partial charge is 0.444 e. The summed E-state index contributed by atoms with van der Waals surface area (Å²) in [5.74, 6) is 0. The Morgan fingerprint density at radius 3 is 2.58 bits per heavy atom.